The van der Waals surface area contributed by atoms with Gasteiger partial charge in [0.15, 0.2) is 0 Å². The van der Waals surface area contributed by atoms with Crippen molar-refractivity contribution in [2.75, 3.05) is 7.05 Å². The third-order valence-corrected chi connectivity index (χ3v) is 5.25. The number of urea groups is 1. The van der Waals surface area contributed by atoms with Crippen LogP contribution in [0.2, 0.25) is 0 Å². The van der Waals surface area contributed by atoms with E-state index in [2.05, 4.69) is 10.3 Å². The number of para-hydroxylation sites is 1. The van der Waals surface area contributed by atoms with E-state index in [1.807, 2.05) is 43.3 Å². The minimum absolute atomic E-state index is 0.0640. The highest BCUT2D eigenvalue weighted by molar-refractivity contribution is 7.18. The Bertz CT molecular complexity index is 843. The Balaban J connectivity index is 1.49. The van der Waals surface area contributed by atoms with Crippen LogP contribution in [0, 0.1) is 0 Å². The number of rotatable bonds is 6. The molecule has 0 bridgehead atoms. The van der Waals surface area contributed by atoms with Crippen molar-refractivity contribution in [2.45, 2.75) is 32.4 Å². The zero-order chi connectivity index (χ0) is 18.5. The maximum absolute atomic E-state index is 12.4. The number of fused-ring (bicyclic) bond motifs is 1. The molecule has 0 saturated heterocycles. The molecule has 2 amide bonds. The molecule has 1 aromatic heterocycles. The van der Waals surface area contributed by atoms with Gasteiger partial charge in [0.1, 0.15) is 10.8 Å². The normalized spacial score (nSPS) is 12.1. The lowest BCUT2D eigenvalue weighted by atomic mass is 10.1. The number of phenolic OH excluding ortho intramolecular Hbond substituents is 1. The molecule has 0 aliphatic rings. The highest BCUT2D eigenvalue weighted by Crippen LogP contribution is 2.22. The van der Waals surface area contributed by atoms with Crippen LogP contribution < -0.4 is 5.32 Å². The van der Waals surface area contributed by atoms with Crippen LogP contribution in [0.1, 0.15) is 23.9 Å². The Morgan fingerprint density at radius 2 is 1.96 bits per heavy atom. The Hall–Kier alpha value is -2.60. The summed E-state index contributed by atoms with van der Waals surface area (Å²) < 4.78 is 1.14. The van der Waals surface area contributed by atoms with Crippen LogP contribution in [0.4, 0.5) is 4.79 Å². The van der Waals surface area contributed by atoms with E-state index in [1.54, 1.807) is 35.4 Å². The predicted octanol–water partition coefficient (Wildman–Crippen LogP) is 4.16. The quantitative estimate of drug-likeness (QED) is 0.685. The molecule has 6 heteroatoms. The fourth-order valence-electron chi connectivity index (χ4n) is 2.70. The van der Waals surface area contributed by atoms with Crippen molar-refractivity contribution in [1.29, 1.82) is 0 Å². The standard InChI is InChI=1S/C20H23N3O2S/c1-14(7-8-15-9-11-16(24)12-10-15)21-20(25)23(2)13-19-22-17-5-3-4-6-18(17)26-19/h3-6,9-12,14,24H,7-8,13H2,1-2H3,(H,21,25). The molecule has 0 spiro atoms. The average molecular weight is 369 g/mol. The fourth-order valence-corrected chi connectivity index (χ4v) is 3.72. The first-order valence-electron chi connectivity index (χ1n) is 8.65. The number of carbonyl (C=O) groups is 1. The van der Waals surface area contributed by atoms with Gasteiger partial charge in [0.25, 0.3) is 0 Å². The van der Waals surface area contributed by atoms with E-state index in [1.165, 1.54) is 0 Å². The molecule has 1 heterocycles. The third kappa shape index (κ3) is 4.73. The second-order valence-electron chi connectivity index (χ2n) is 6.49. The number of hydrogen-bond donors (Lipinski definition) is 2. The lowest BCUT2D eigenvalue weighted by Gasteiger charge is -2.20. The number of thiazole rings is 1. The van der Waals surface area contributed by atoms with Crippen LogP contribution in [-0.2, 0) is 13.0 Å². The number of aryl methyl sites for hydroxylation is 1. The zero-order valence-corrected chi connectivity index (χ0v) is 15.8. The summed E-state index contributed by atoms with van der Waals surface area (Å²) in [7, 11) is 1.79. The van der Waals surface area contributed by atoms with Crippen LogP contribution in [-0.4, -0.2) is 34.1 Å². The van der Waals surface area contributed by atoms with Gasteiger partial charge in [0.2, 0.25) is 0 Å². The first-order valence-corrected chi connectivity index (χ1v) is 9.47. The molecule has 26 heavy (non-hydrogen) atoms. The summed E-state index contributed by atoms with van der Waals surface area (Å²) in [5.41, 5.74) is 2.12. The van der Waals surface area contributed by atoms with Crippen LogP contribution in [0.3, 0.4) is 0 Å². The first-order chi connectivity index (χ1) is 12.5. The summed E-state index contributed by atoms with van der Waals surface area (Å²) in [5.74, 6) is 0.270. The molecule has 2 N–H and O–H groups in total. The fraction of sp³-hybridized carbons (Fsp3) is 0.300. The van der Waals surface area contributed by atoms with Gasteiger partial charge >= 0.3 is 6.03 Å². The Morgan fingerprint density at radius 1 is 1.23 bits per heavy atom. The van der Waals surface area contributed by atoms with Gasteiger partial charge < -0.3 is 15.3 Å². The largest absolute Gasteiger partial charge is 0.508 e. The van der Waals surface area contributed by atoms with Crippen molar-refractivity contribution in [2.24, 2.45) is 0 Å². The van der Waals surface area contributed by atoms with Gasteiger partial charge in [-0.15, -0.1) is 11.3 Å². The van der Waals surface area contributed by atoms with Gasteiger partial charge in [0.05, 0.1) is 16.8 Å². The van der Waals surface area contributed by atoms with Crippen molar-refractivity contribution in [3.63, 3.8) is 0 Å². The molecule has 1 unspecified atom stereocenters. The van der Waals surface area contributed by atoms with Crippen LogP contribution in [0.5, 0.6) is 5.75 Å². The van der Waals surface area contributed by atoms with E-state index >= 15 is 0 Å². The van der Waals surface area contributed by atoms with Gasteiger partial charge in [-0.3, -0.25) is 0 Å². The zero-order valence-electron chi connectivity index (χ0n) is 15.0. The van der Waals surface area contributed by atoms with Gasteiger partial charge in [0, 0.05) is 13.1 Å². The second kappa shape index (κ2) is 8.19. The van der Waals surface area contributed by atoms with Crippen LogP contribution >= 0.6 is 11.3 Å². The van der Waals surface area contributed by atoms with Gasteiger partial charge in [-0.1, -0.05) is 24.3 Å². The number of amides is 2. The van der Waals surface area contributed by atoms with Crippen LogP contribution in [0.15, 0.2) is 48.5 Å². The molecule has 0 aliphatic heterocycles. The number of nitrogens with zero attached hydrogens (tertiary/aromatic N) is 2. The topological polar surface area (TPSA) is 65.5 Å². The summed E-state index contributed by atoms with van der Waals surface area (Å²) >= 11 is 1.62. The highest BCUT2D eigenvalue weighted by atomic mass is 32.1. The third-order valence-electron chi connectivity index (χ3n) is 4.23. The van der Waals surface area contributed by atoms with Crippen molar-refractivity contribution < 1.29 is 9.90 Å². The van der Waals surface area contributed by atoms with Crippen molar-refractivity contribution >= 4 is 27.6 Å². The Kier molecular flexibility index (Phi) is 5.73. The number of benzene rings is 2. The molecular weight excluding hydrogens is 346 g/mol. The summed E-state index contributed by atoms with van der Waals surface area (Å²) in [6.45, 7) is 2.50. The van der Waals surface area contributed by atoms with E-state index in [9.17, 15) is 9.90 Å². The van der Waals surface area contributed by atoms with Crippen molar-refractivity contribution in [1.82, 2.24) is 15.2 Å². The molecule has 0 radical (unpaired) electrons. The molecule has 5 nitrogen and oxygen atoms in total. The molecule has 0 aliphatic carbocycles. The number of carbonyl (C=O) groups excluding carboxylic acids is 1. The van der Waals surface area contributed by atoms with Gasteiger partial charge in [-0.2, -0.15) is 0 Å². The molecule has 0 saturated carbocycles. The molecule has 3 rings (SSSR count). The summed E-state index contributed by atoms with van der Waals surface area (Å²) in [6.07, 6.45) is 1.69. The maximum Gasteiger partial charge on any atom is 0.317 e. The maximum atomic E-state index is 12.4. The number of aromatic nitrogens is 1. The van der Waals surface area contributed by atoms with Gasteiger partial charge in [-0.25, -0.2) is 9.78 Å². The average Bonchev–Trinajstić information content (AvgIpc) is 3.03. The van der Waals surface area contributed by atoms with E-state index in [4.69, 9.17) is 0 Å². The second-order valence-corrected chi connectivity index (χ2v) is 7.60. The summed E-state index contributed by atoms with van der Waals surface area (Å²) in [4.78, 5) is 18.6. The monoisotopic (exact) mass is 369 g/mol. The minimum Gasteiger partial charge on any atom is -0.508 e. The van der Waals surface area contributed by atoms with Gasteiger partial charge in [-0.05, 0) is 49.6 Å². The Labute approximate surface area is 157 Å². The Morgan fingerprint density at radius 3 is 2.69 bits per heavy atom. The molecule has 136 valence electrons. The van der Waals surface area contributed by atoms with E-state index in [0.717, 1.165) is 33.6 Å². The minimum atomic E-state index is -0.0949. The molecular formula is C20H23N3O2S. The molecule has 0 fully saturated rings. The number of phenols is 1. The SMILES string of the molecule is CC(CCc1ccc(O)cc1)NC(=O)N(C)Cc1nc2ccccc2s1. The highest BCUT2D eigenvalue weighted by Gasteiger charge is 2.14. The molecule has 2 aromatic carbocycles. The van der Waals surface area contributed by atoms with Crippen LogP contribution in [0.25, 0.3) is 10.2 Å². The number of hydrogen-bond acceptors (Lipinski definition) is 4. The molecule has 1 atom stereocenters. The van der Waals surface area contributed by atoms with E-state index in [0.29, 0.717) is 6.54 Å². The summed E-state index contributed by atoms with van der Waals surface area (Å²) in [5, 5.41) is 13.3. The van der Waals surface area contributed by atoms with E-state index < -0.39 is 0 Å². The smallest absolute Gasteiger partial charge is 0.317 e. The number of nitrogens with one attached hydrogen (secondary N) is 1. The predicted molar refractivity (Wildman–Crippen MR) is 106 cm³/mol. The van der Waals surface area contributed by atoms with E-state index in [-0.39, 0.29) is 17.8 Å². The lowest BCUT2D eigenvalue weighted by Crippen LogP contribution is -2.41. The lowest BCUT2D eigenvalue weighted by molar-refractivity contribution is 0.203. The first kappa shape index (κ1) is 18.2. The number of aromatic hydroxyl groups is 1. The van der Waals surface area contributed by atoms with Crippen molar-refractivity contribution in [3.05, 3.63) is 59.1 Å². The van der Waals surface area contributed by atoms with Crippen molar-refractivity contribution in [3.8, 4) is 5.75 Å². The molecule has 3 aromatic rings. The summed E-state index contributed by atoms with van der Waals surface area (Å²) in [6, 6.07) is 15.1.